The zero-order chi connectivity index (χ0) is 14.1. The predicted molar refractivity (Wildman–Crippen MR) is 84.3 cm³/mol. The van der Waals surface area contributed by atoms with Crippen molar-refractivity contribution in [2.45, 2.75) is 13.0 Å². The highest BCUT2D eigenvalue weighted by molar-refractivity contribution is 6.35. The third-order valence-electron chi connectivity index (χ3n) is 3.30. The van der Waals surface area contributed by atoms with Crippen molar-refractivity contribution in [3.05, 3.63) is 58.1 Å². The minimum atomic E-state index is 0.488. The summed E-state index contributed by atoms with van der Waals surface area (Å²) in [5, 5.41) is 1.37. The van der Waals surface area contributed by atoms with Gasteiger partial charge in [0.05, 0.1) is 10.5 Å². The zero-order valence-electron chi connectivity index (χ0n) is 10.7. The molecule has 20 heavy (non-hydrogen) atoms. The van der Waals surface area contributed by atoms with Crippen molar-refractivity contribution in [2.24, 2.45) is 0 Å². The summed E-state index contributed by atoms with van der Waals surface area (Å²) in [4.78, 5) is 4.33. The van der Waals surface area contributed by atoms with Crippen LogP contribution in [0.25, 0.3) is 11.0 Å². The van der Waals surface area contributed by atoms with Crippen molar-refractivity contribution in [1.82, 2.24) is 9.55 Å². The lowest BCUT2D eigenvalue weighted by Crippen LogP contribution is -2.05. The molecular weight excluding hydrogens is 293 g/mol. The first-order valence-electron chi connectivity index (χ1n) is 6.30. The molecule has 0 aliphatic carbocycles. The zero-order valence-corrected chi connectivity index (χ0v) is 12.2. The van der Waals surface area contributed by atoms with Crippen LogP contribution in [0.4, 0.5) is 5.95 Å². The van der Waals surface area contributed by atoms with Gasteiger partial charge in [-0.1, -0.05) is 41.4 Å². The average Bonchev–Trinajstić information content (AvgIpc) is 2.76. The van der Waals surface area contributed by atoms with Crippen LogP contribution < -0.4 is 5.73 Å². The maximum atomic E-state index is 6.13. The lowest BCUT2D eigenvalue weighted by molar-refractivity contribution is 0.726. The fourth-order valence-electron chi connectivity index (χ4n) is 2.26. The lowest BCUT2D eigenvalue weighted by atomic mass is 10.1. The van der Waals surface area contributed by atoms with E-state index < -0.39 is 0 Å². The Balaban J connectivity index is 1.89. The second-order valence-corrected chi connectivity index (χ2v) is 5.45. The molecule has 0 saturated heterocycles. The summed E-state index contributed by atoms with van der Waals surface area (Å²) in [5.41, 5.74) is 8.90. The highest BCUT2D eigenvalue weighted by Gasteiger charge is 2.10. The van der Waals surface area contributed by atoms with E-state index in [9.17, 15) is 0 Å². The number of hydrogen-bond donors (Lipinski definition) is 1. The van der Waals surface area contributed by atoms with Gasteiger partial charge in [-0.25, -0.2) is 4.98 Å². The summed E-state index contributed by atoms with van der Waals surface area (Å²) in [5.74, 6) is 0.488. The predicted octanol–water partition coefficient (Wildman–Crippen LogP) is 4.17. The molecule has 1 aromatic heterocycles. The average molecular weight is 306 g/mol. The second kappa shape index (κ2) is 5.35. The molecule has 0 fully saturated rings. The number of nitrogen functional groups attached to an aromatic ring is 1. The number of nitrogens with two attached hydrogens (primary N) is 1. The second-order valence-electron chi connectivity index (χ2n) is 4.61. The maximum Gasteiger partial charge on any atom is 0.201 e. The first-order chi connectivity index (χ1) is 9.65. The van der Waals surface area contributed by atoms with Gasteiger partial charge in [-0.2, -0.15) is 0 Å². The van der Waals surface area contributed by atoms with Gasteiger partial charge in [0.1, 0.15) is 5.52 Å². The van der Waals surface area contributed by atoms with Gasteiger partial charge in [-0.3, -0.25) is 0 Å². The first kappa shape index (κ1) is 13.3. The van der Waals surface area contributed by atoms with Gasteiger partial charge in [-0.05, 0) is 36.2 Å². The van der Waals surface area contributed by atoms with Crippen LogP contribution in [-0.2, 0) is 13.0 Å². The molecule has 0 aliphatic rings. The minimum absolute atomic E-state index is 0.488. The normalized spacial score (nSPS) is 11.1. The highest BCUT2D eigenvalue weighted by Crippen LogP contribution is 2.25. The molecule has 3 rings (SSSR count). The number of imidazole rings is 1. The van der Waals surface area contributed by atoms with E-state index in [2.05, 4.69) is 4.98 Å². The number of aryl methyl sites for hydroxylation is 2. The molecule has 0 amide bonds. The molecule has 0 saturated carbocycles. The Morgan fingerprint density at radius 3 is 2.55 bits per heavy atom. The quantitative estimate of drug-likeness (QED) is 0.789. The molecule has 0 spiro atoms. The SMILES string of the molecule is Nc1nc2c(Cl)cccc2n1CCc1ccc(Cl)cc1. The van der Waals surface area contributed by atoms with Crippen LogP contribution in [0.2, 0.25) is 10.0 Å². The number of benzene rings is 2. The molecule has 3 nitrogen and oxygen atoms in total. The Morgan fingerprint density at radius 1 is 1.05 bits per heavy atom. The van der Waals surface area contributed by atoms with Gasteiger partial charge >= 0.3 is 0 Å². The third-order valence-corrected chi connectivity index (χ3v) is 3.85. The number of nitrogens with zero attached hydrogens (tertiary/aromatic N) is 2. The maximum absolute atomic E-state index is 6.13. The summed E-state index contributed by atoms with van der Waals surface area (Å²) < 4.78 is 1.98. The molecule has 0 radical (unpaired) electrons. The molecule has 2 aromatic carbocycles. The van der Waals surface area contributed by atoms with Crippen molar-refractivity contribution in [3.63, 3.8) is 0 Å². The molecule has 1 heterocycles. The number of anilines is 1. The number of para-hydroxylation sites is 1. The minimum Gasteiger partial charge on any atom is -0.369 e. The van der Waals surface area contributed by atoms with Crippen molar-refractivity contribution >= 4 is 40.2 Å². The van der Waals surface area contributed by atoms with Crippen molar-refractivity contribution in [1.29, 1.82) is 0 Å². The van der Waals surface area contributed by atoms with Crippen LogP contribution in [0, 0.1) is 0 Å². The van der Waals surface area contributed by atoms with Crippen LogP contribution in [0.1, 0.15) is 5.56 Å². The van der Waals surface area contributed by atoms with E-state index in [1.807, 2.05) is 47.0 Å². The Hall–Kier alpha value is -1.71. The van der Waals surface area contributed by atoms with E-state index in [1.165, 1.54) is 5.56 Å². The van der Waals surface area contributed by atoms with E-state index >= 15 is 0 Å². The Morgan fingerprint density at radius 2 is 1.80 bits per heavy atom. The topological polar surface area (TPSA) is 43.8 Å². The third kappa shape index (κ3) is 2.47. The fourth-order valence-corrected chi connectivity index (χ4v) is 2.60. The molecule has 2 N–H and O–H groups in total. The Bertz CT molecular complexity index is 748. The van der Waals surface area contributed by atoms with E-state index in [0.29, 0.717) is 11.0 Å². The van der Waals surface area contributed by atoms with E-state index in [-0.39, 0.29) is 0 Å². The molecular formula is C15H13Cl2N3. The summed E-state index contributed by atoms with van der Waals surface area (Å²) in [6.07, 6.45) is 0.860. The van der Waals surface area contributed by atoms with E-state index in [4.69, 9.17) is 28.9 Å². The summed E-state index contributed by atoms with van der Waals surface area (Å²) in [6.45, 7) is 0.754. The van der Waals surface area contributed by atoms with Crippen molar-refractivity contribution < 1.29 is 0 Å². The summed E-state index contributed by atoms with van der Waals surface area (Å²) >= 11 is 12.0. The Kier molecular flexibility index (Phi) is 3.55. The first-order valence-corrected chi connectivity index (χ1v) is 7.05. The van der Waals surface area contributed by atoms with Gasteiger partial charge in [0.15, 0.2) is 0 Å². The van der Waals surface area contributed by atoms with E-state index in [1.54, 1.807) is 0 Å². The monoisotopic (exact) mass is 305 g/mol. The van der Waals surface area contributed by atoms with Gasteiger partial charge in [0.2, 0.25) is 5.95 Å². The largest absolute Gasteiger partial charge is 0.369 e. The standard InChI is InChI=1S/C15H13Cl2N3/c16-11-6-4-10(5-7-11)8-9-20-13-3-1-2-12(17)14(13)19-15(20)18/h1-7H,8-9H2,(H2,18,19). The lowest BCUT2D eigenvalue weighted by Gasteiger charge is -2.07. The molecule has 5 heteroatoms. The molecule has 0 unspecified atom stereocenters. The number of hydrogen-bond acceptors (Lipinski definition) is 2. The highest BCUT2D eigenvalue weighted by atomic mass is 35.5. The smallest absolute Gasteiger partial charge is 0.201 e. The van der Waals surface area contributed by atoms with Crippen LogP contribution in [0.3, 0.4) is 0 Å². The number of fused-ring (bicyclic) bond motifs is 1. The van der Waals surface area contributed by atoms with Gasteiger partial charge in [-0.15, -0.1) is 0 Å². The van der Waals surface area contributed by atoms with Gasteiger partial charge in [0.25, 0.3) is 0 Å². The van der Waals surface area contributed by atoms with Crippen molar-refractivity contribution in [3.8, 4) is 0 Å². The van der Waals surface area contributed by atoms with Crippen LogP contribution in [0.15, 0.2) is 42.5 Å². The number of halogens is 2. The number of rotatable bonds is 3. The number of aromatic nitrogens is 2. The van der Waals surface area contributed by atoms with Crippen LogP contribution in [0.5, 0.6) is 0 Å². The van der Waals surface area contributed by atoms with Crippen molar-refractivity contribution in [2.75, 3.05) is 5.73 Å². The Labute approximate surface area is 126 Å². The summed E-state index contributed by atoms with van der Waals surface area (Å²) in [6, 6.07) is 13.5. The van der Waals surface area contributed by atoms with Crippen LogP contribution in [-0.4, -0.2) is 9.55 Å². The molecule has 0 aliphatic heterocycles. The van der Waals surface area contributed by atoms with Crippen LogP contribution >= 0.6 is 23.2 Å². The molecule has 0 atom stereocenters. The molecule has 102 valence electrons. The fraction of sp³-hybridized carbons (Fsp3) is 0.133. The van der Waals surface area contributed by atoms with Gasteiger partial charge in [0, 0.05) is 11.6 Å². The summed E-state index contributed by atoms with van der Waals surface area (Å²) in [7, 11) is 0. The molecule has 0 bridgehead atoms. The van der Waals surface area contributed by atoms with E-state index in [0.717, 1.165) is 29.0 Å². The van der Waals surface area contributed by atoms with Gasteiger partial charge < -0.3 is 10.3 Å². The molecule has 3 aromatic rings.